The van der Waals surface area contributed by atoms with Gasteiger partial charge in [0.1, 0.15) is 6.54 Å². The fourth-order valence-corrected chi connectivity index (χ4v) is 0.639. The molecule has 5 heteroatoms. The molecule has 0 saturated heterocycles. The van der Waals surface area contributed by atoms with Gasteiger partial charge in [0.15, 0.2) is 0 Å². The molecule has 5 nitrogen and oxygen atoms in total. The van der Waals surface area contributed by atoms with E-state index in [1.165, 1.54) is 0 Å². The highest BCUT2D eigenvalue weighted by atomic mass is 16.4. The molecule has 2 N–H and O–H groups in total. The summed E-state index contributed by atoms with van der Waals surface area (Å²) < 4.78 is 0. The summed E-state index contributed by atoms with van der Waals surface area (Å²) in [5.74, 6) is -0.595. The summed E-state index contributed by atoms with van der Waals surface area (Å²) in [6.07, 6.45) is 3.24. The molecule has 0 saturated carbocycles. The van der Waals surface area contributed by atoms with Gasteiger partial charge in [0.05, 0.1) is 0 Å². The molecular weight excluding hydrogens is 158 g/mol. The van der Waals surface area contributed by atoms with Gasteiger partial charge in [-0.05, 0) is 12.5 Å². The first-order valence-corrected chi connectivity index (χ1v) is 3.43. The monoisotopic (exact) mass is 167 g/mol. The molecular formula is C7H9N3O2. The number of aliphatic carboxylic acids is 1. The van der Waals surface area contributed by atoms with E-state index >= 15 is 0 Å². The van der Waals surface area contributed by atoms with Crippen molar-refractivity contribution in [3.8, 4) is 0 Å². The Balaban J connectivity index is 2.53. The Kier molecular flexibility index (Phi) is 2.57. The van der Waals surface area contributed by atoms with Gasteiger partial charge < -0.3 is 10.4 Å². The number of hydrogen-bond acceptors (Lipinski definition) is 4. The second kappa shape index (κ2) is 3.66. The van der Waals surface area contributed by atoms with Crippen LogP contribution >= 0.6 is 0 Å². The number of carboxylic acids is 1. The van der Waals surface area contributed by atoms with Gasteiger partial charge in [-0.25, -0.2) is 9.97 Å². The van der Waals surface area contributed by atoms with Crippen molar-refractivity contribution in [1.82, 2.24) is 9.97 Å². The first kappa shape index (κ1) is 8.45. The zero-order valence-corrected chi connectivity index (χ0v) is 6.61. The lowest BCUT2D eigenvalue weighted by Crippen LogP contribution is -2.14. The minimum absolute atomic E-state index is 0.164. The number of carboxylic acid groups (broad SMARTS) is 1. The zero-order chi connectivity index (χ0) is 8.97. The van der Waals surface area contributed by atoms with E-state index in [0.717, 1.165) is 5.56 Å². The van der Waals surface area contributed by atoms with E-state index in [0.29, 0.717) is 5.95 Å². The van der Waals surface area contributed by atoms with E-state index in [1.807, 2.05) is 6.92 Å². The molecule has 0 amide bonds. The van der Waals surface area contributed by atoms with Crippen molar-refractivity contribution in [1.29, 1.82) is 0 Å². The second-order valence-electron chi connectivity index (χ2n) is 2.33. The minimum Gasteiger partial charge on any atom is -0.480 e. The molecule has 0 aliphatic carbocycles. The summed E-state index contributed by atoms with van der Waals surface area (Å²) in [5.41, 5.74) is 0.941. The summed E-state index contributed by atoms with van der Waals surface area (Å²) in [6, 6.07) is 0. The van der Waals surface area contributed by atoms with Crippen LogP contribution in [0.15, 0.2) is 12.4 Å². The largest absolute Gasteiger partial charge is 0.480 e. The highest BCUT2D eigenvalue weighted by Gasteiger charge is 1.97. The van der Waals surface area contributed by atoms with E-state index in [-0.39, 0.29) is 6.54 Å². The van der Waals surface area contributed by atoms with Crippen molar-refractivity contribution in [2.24, 2.45) is 0 Å². The van der Waals surface area contributed by atoms with Crippen molar-refractivity contribution in [3.63, 3.8) is 0 Å². The van der Waals surface area contributed by atoms with Gasteiger partial charge in [-0.3, -0.25) is 4.79 Å². The molecule has 0 fully saturated rings. The van der Waals surface area contributed by atoms with Crippen molar-refractivity contribution in [2.45, 2.75) is 6.92 Å². The third-order valence-electron chi connectivity index (χ3n) is 1.18. The summed E-state index contributed by atoms with van der Waals surface area (Å²) in [7, 11) is 0. The van der Waals surface area contributed by atoms with E-state index in [2.05, 4.69) is 15.3 Å². The molecule has 0 aliphatic rings. The first-order chi connectivity index (χ1) is 5.68. The SMILES string of the molecule is Cc1cnc(NCC(=O)O)nc1. The lowest BCUT2D eigenvalue weighted by atomic mass is 10.4. The number of carbonyl (C=O) groups is 1. The maximum Gasteiger partial charge on any atom is 0.322 e. The molecule has 0 unspecified atom stereocenters. The molecule has 1 aromatic rings. The van der Waals surface area contributed by atoms with Crippen molar-refractivity contribution in [3.05, 3.63) is 18.0 Å². The first-order valence-electron chi connectivity index (χ1n) is 3.43. The highest BCUT2D eigenvalue weighted by Crippen LogP contribution is 1.96. The smallest absolute Gasteiger partial charge is 0.322 e. The van der Waals surface area contributed by atoms with Crippen LogP contribution in [-0.4, -0.2) is 27.6 Å². The van der Waals surface area contributed by atoms with Crippen LogP contribution in [0, 0.1) is 6.92 Å². The topological polar surface area (TPSA) is 75.1 Å². The van der Waals surface area contributed by atoms with Gasteiger partial charge in [0.25, 0.3) is 0 Å². The molecule has 1 heterocycles. The van der Waals surface area contributed by atoms with E-state index < -0.39 is 5.97 Å². The number of hydrogen-bond donors (Lipinski definition) is 2. The number of aromatic nitrogens is 2. The molecule has 0 aliphatic heterocycles. The van der Waals surface area contributed by atoms with Crippen LogP contribution in [0.25, 0.3) is 0 Å². The minimum atomic E-state index is -0.931. The number of nitrogens with one attached hydrogen (secondary N) is 1. The molecule has 0 aromatic carbocycles. The van der Waals surface area contributed by atoms with Crippen LogP contribution in [0.1, 0.15) is 5.56 Å². The highest BCUT2D eigenvalue weighted by molar-refractivity contribution is 5.71. The molecule has 1 rings (SSSR count). The third-order valence-corrected chi connectivity index (χ3v) is 1.18. The maximum absolute atomic E-state index is 10.1. The van der Waals surface area contributed by atoms with Gasteiger partial charge in [0, 0.05) is 12.4 Å². The lowest BCUT2D eigenvalue weighted by Gasteiger charge is -1.99. The Hall–Kier alpha value is -1.65. The maximum atomic E-state index is 10.1. The summed E-state index contributed by atoms with van der Waals surface area (Å²) >= 11 is 0. The summed E-state index contributed by atoms with van der Waals surface area (Å²) in [4.78, 5) is 17.9. The van der Waals surface area contributed by atoms with Crippen LogP contribution in [-0.2, 0) is 4.79 Å². The predicted molar refractivity (Wildman–Crippen MR) is 42.9 cm³/mol. The van der Waals surface area contributed by atoms with Gasteiger partial charge in [-0.2, -0.15) is 0 Å². The Morgan fingerprint density at radius 1 is 1.58 bits per heavy atom. The number of anilines is 1. The van der Waals surface area contributed by atoms with Crippen molar-refractivity contribution in [2.75, 3.05) is 11.9 Å². The van der Waals surface area contributed by atoms with Gasteiger partial charge in [0.2, 0.25) is 5.95 Å². The zero-order valence-electron chi connectivity index (χ0n) is 6.61. The van der Waals surface area contributed by atoms with E-state index in [4.69, 9.17) is 5.11 Å². The van der Waals surface area contributed by atoms with E-state index in [1.54, 1.807) is 12.4 Å². The van der Waals surface area contributed by atoms with Crippen LogP contribution < -0.4 is 5.32 Å². The van der Waals surface area contributed by atoms with Crippen molar-refractivity contribution < 1.29 is 9.90 Å². The second-order valence-corrected chi connectivity index (χ2v) is 2.33. The van der Waals surface area contributed by atoms with Crippen LogP contribution in [0.4, 0.5) is 5.95 Å². The van der Waals surface area contributed by atoms with Crippen LogP contribution in [0.2, 0.25) is 0 Å². The number of nitrogens with zero attached hydrogens (tertiary/aromatic N) is 2. The quantitative estimate of drug-likeness (QED) is 0.676. The fraction of sp³-hybridized carbons (Fsp3) is 0.286. The standard InChI is InChI=1S/C7H9N3O2/c1-5-2-8-7(9-3-5)10-4-6(11)12/h2-3H,4H2,1H3,(H,11,12)(H,8,9,10). The Bertz CT molecular complexity index is 270. The number of rotatable bonds is 3. The van der Waals surface area contributed by atoms with Crippen LogP contribution in [0.5, 0.6) is 0 Å². The van der Waals surface area contributed by atoms with Gasteiger partial charge >= 0.3 is 5.97 Å². The summed E-state index contributed by atoms with van der Waals surface area (Å²) in [6.45, 7) is 1.70. The average Bonchev–Trinajstić information content (AvgIpc) is 2.03. The molecule has 0 radical (unpaired) electrons. The molecule has 0 spiro atoms. The normalized spacial score (nSPS) is 9.42. The molecule has 12 heavy (non-hydrogen) atoms. The fourth-order valence-electron chi connectivity index (χ4n) is 0.639. The Morgan fingerprint density at radius 3 is 2.67 bits per heavy atom. The summed E-state index contributed by atoms with van der Waals surface area (Å²) in [5, 5.41) is 10.9. The van der Waals surface area contributed by atoms with Crippen molar-refractivity contribution >= 4 is 11.9 Å². The molecule has 0 bridgehead atoms. The average molecular weight is 167 g/mol. The third kappa shape index (κ3) is 2.53. The predicted octanol–water partition coefficient (Wildman–Crippen LogP) is 0.282. The van der Waals surface area contributed by atoms with Gasteiger partial charge in [-0.15, -0.1) is 0 Å². The molecule has 64 valence electrons. The van der Waals surface area contributed by atoms with Gasteiger partial charge in [-0.1, -0.05) is 0 Å². The number of aryl methyl sites for hydroxylation is 1. The molecule has 0 atom stereocenters. The Labute approximate surface area is 69.5 Å². The molecule has 1 aromatic heterocycles. The van der Waals surface area contributed by atoms with Crippen LogP contribution in [0.3, 0.4) is 0 Å². The lowest BCUT2D eigenvalue weighted by molar-refractivity contribution is -0.134. The van der Waals surface area contributed by atoms with E-state index in [9.17, 15) is 4.79 Å². The Morgan fingerprint density at radius 2 is 2.17 bits per heavy atom.